The summed E-state index contributed by atoms with van der Waals surface area (Å²) in [5.41, 5.74) is 5.55. The quantitative estimate of drug-likeness (QED) is 0.117. The van der Waals surface area contributed by atoms with Crippen LogP contribution in [0.2, 0.25) is 0 Å². The van der Waals surface area contributed by atoms with Crippen molar-refractivity contribution in [1.82, 2.24) is 0 Å². The Morgan fingerprint density at radius 3 is 0.927 bits per heavy atom. The van der Waals surface area contributed by atoms with Crippen molar-refractivity contribution in [2.45, 2.75) is 5.92 Å². The highest BCUT2D eigenvalue weighted by molar-refractivity contribution is 5.96. The Balaban J connectivity index is 1.10. The average Bonchev–Trinajstić information content (AvgIpc) is 4.07. The fourth-order valence-corrected chi connectivity index (χ4v) is 6.85. The van der Waals surface area contributed by atoms with E-state index in [1.54, 1.807) is 0 Å². The lowest BCUT2D eigenvalue weighted by atomic mass is 9.83. The van der Waals surface area contributed by atoms with Gasteiger partial charge in [0.25, 0.3) is 0 Å². The number of hydrogen-bond donors (Lipinski definition) is 0. The maximum absolute atomic E-state index is 6.68. The zero-order valence-electron chi connectivity index (χ0n) is 30.0. The van der Waals surface area contributed by atoms with Crippen LogP contribution in [-0.2, 0) is 14.2 Å². The van der Waals surface area contributed by atoms with E-state index in [1.165, 1.54) is 0 Å². The highest BCUT2D eigenvalue weighted by atomic mass is 16.5. The summed E-state index contributed by atoms with van der Waals surface area (Å²) in [6.45, 7) is 3.82. The lowest BCUT2D eigenvalue weighted by Crippen LogP contribution is -2.09. The van der Waals surface area contributed by atoms with E-state index < -0.39 is 0 Å². The van der Waals surface area contributed by atoms with E-state index in [0.29, 0.717) is 91.6 Å². The van der Waals surface area contributed by atoms with Crippen LogP contribution in [0.4, 0.5) is 0 Å². The van der Waals surface area contributed by atoms with E-state index in [1.807, 2.05) is 127 Å². The van der Waals surface area contributed by atoms with Crippen molar-refractivity contribution >= 4 is 17.7 Å². The van der Waals surface area contributed by atoms with Gasteiger partial charge < -0.3 is 28.4 Å². The number of para-hydroxylation sites is 3. The number of hydrogen-bond acceptors (Lipinski definition) is 9. The molecule has 0 radical (unpaired) electrons. The van der Waals surface area contributed by atoms with Gasteiger partial charge in [-0.25, -0.2) is 15.0 Å². The maximum atomic E-state index is 6.68. The highest BCUT2D eigenvalue weighted by Crippen LogP contribution is 2.46. The molecule has 9 rings (SSSR count). The number of rotatable bonds is 12. The molecule has 9 nitrogen and oxygen atoms in total. The number of aliphatic imine (C=N–C) groups is 3. The third kappa shape index (κ3) is 7.50. The molecule has 6 aromatic carbocycles. The smallest absolute Gasteiger partial charge is 0.216 e. The predicted octanol–water partition coefficient (Wildman–Crippen LogP) is 9.57. The SMILES string of the molecule is c1ccc(C(c2ccccc2Oc2ccc(C3=NCCO3)cc2)c2ccccc2Oc2ccc(C3=NCCO3)cc2)c(Oc2ccc(C3=NCCO3)cc2)c1. The molecule has 0 spiro atoms. The molecule has 0 aliphatic carbocycles. The van der Waals surface area contributed by atoms with Crippen molar-refractivity contribution in [3.05, 3.63) is 179 Å². The van der Waals surface area contributed by atoms with E-state index in [2.05, 4.69) is 33.2 Å². The zero-order chi connectivity index (χ0) is 36.8. The first-order chi connectivity index (χ1) is 27.2. The monoisotopic (exact) mass is 727 g/mol. The summed E-state index contributed by atoms with van der Waals surface area (Å²) in [6, 6.07) is 47.8. The Bertz CT molecular complexity index is 2120. The van der Waals surface area contributed by atoms with Gasteiger partial charge in [0.2, 0.25) is 17.7 Å². The summed E-state index contributed by atoms with van der Waals surface area (Å²) in [5.74, 6) is 5.76. The summed E-state index contributed by atoms with van der Waals surface area (Å²) < 4.78 is 37.1. The van der Waals surface area contributed by atoms with E-state index in [-0.39, 0.29) is 5.92 Å². The number of nitrogens with zero attached hydrogens (tertiary/aromatic N) is 3. The van der Waals surface area contributed by atoms with Gasteiger partial charge in [-0.15, -0.1) is 0 Å². The van der Waals surface area contributed by atoms with Gasteiger partial charge in [0.05, 0.1) is 19.6 Å². The first-order valence-corrected chi connectivity index (χ1v) is 18.4. The molecule has 9 heteroatoms. The number of ether oxygens (including phenoxy) is 6. The molecule has 0 bridgehead atoms. The zero-order valence-corrected chi connectivity index (χ0v) is 30.0. The molecule has 55 heavy (non-hydrogen) atoms. The second-order valence-electron chi connectivity index (χ2n) is 13.0. The van der Waals surface area contributed by atoms with Crippen LogP contribution in [-0.4, -0.2) is 57.1 Å². The van der Waals surface area contributed by atoms with Crippen LogP contribution >= 0.6 is 0 Å². The predicted molar refractivity (Wildman–Crippen MR) is 212 cm³/mol. The standard InChI is InChI=1S/C46H37N3O6/c1-4-10-40(53-34-19-13-31(14-20-34)44-47-25-28-50-44)37(7-1)43(38-8-2-5-11-41(38)54-35-21-15-32(16-22-35)45-48-26-29-51-45)39-9-3-6-12-42(39)55-36-23-17-33(18-24-36)46-49-27-30-52-46/h1-24,43H,25-30H2. The van der Waals surface area contributed by atoms with Crippen LogP contribution in [0.3, 0.4) is 0 Å². The number of benzene rings is 6. The van der Waals surface area contributed by atoms with Gasteiger partial charge in [-0.3, -0.25) is 0 Å². The van der Waals surface area contributed by atoms with Crippen LogP contribution in [0.15, 0.2) is 161 Å². The normalized spacial score (nSPS) is 14.7. The molecule has 0 saturated carbocycles. The maximum Gasteiger partial charge on any atom is 0.216 e. The first kappa shape index (κ1) is 33.9. The van der Waals surface area contributed by atoms with Crippen molar-refractivity contribution in [3.63, 3.8) is 0 Å². The lowest BCUT2D eigenvalue weighted by Gasteiger charge is -2.25. The van der Waals surface area contributed by atoms with Crippen LogP contribution in [0, 0.1) is 0 Å². The fourth-order valence-electron chi connectivity index (χ4n) is 6.85. The van der Waals surface area contributed by atoms with Gasteiger partial charge in [-0.2, -0.15) is 0 Å². The van der Waals surface area contributed by atoms with Crippen molar-refractivity contribution in [2.75, 3.05) is 39.5 Å². The third-order valence-electron chi connectivity index (χ3n) is 9.43. The summed E-state index contributed by atoms with van der Waals surface area (Å²) in [6.07, 6.45) is 0. The summed E-state index contributed by atoms with van der Waals surface area (Å²) >= 11 is 0. The Labute approximate surface area is 319 Å². The molecule has 0 atom stereocenters. The molecule has 3 aliphatic heterocycles. The van der Waals surface area contributed by atoms with E-state index in [4.69, 9.17) is 28.4 Å². The largest absolute Gasteiger partial charge is 0.476 e. The summed E-state index contributed by atoms with van der Waals surface area (Å²) in [5, 5.41) is 0. The molecule has 0 unspecified atom stereocenters. The minimum absolute atomic E-state index is 0.370. The molecule has 0 amide bonds. The minimum atomic E-state index is -0.370. The Morgan fingerprint density at radius 2 is 0.655 bits per heavy atom. The molecule has 0 saturated heterocycles. The van der Waals surface area contributed by atoms with Crippen molar-refractivity contribution in [2.24, 2.45) is 15.0 Å². The van der Waals surface area contributed by atoms with E-state index in [0.717, 1.165) is 33.4 Å². The topological polar surface area (TPSA) is 92.5 Å². The molecule has 3 aliphatic rings. The van der Waals surface area contributed by atoms with Crippen LogP contribution in [0.25, 0.3) is 0 Å². The van der Waals surface area contributed by atoms with Crippen LogP contribution < -0.4 is 14.2 Å². The lowest BCUT2D eigenvalue weighted by molar-refractivity contribution is 0.348. The fraction of sp³-hybridized carbons (Fsp3) is 0.152. The van der Waals surface area contributed by atoms with Crippen LogP contribution in [0.5, 0.6) is 34.5 Å². The van der Waals surface area contributed by atoms with Crippen molar-refractivity contribution in [1.29, 1.82) is 0 Å². The molecule has 272 valence electrons. The first-order valence-electron chi connectivity index (χ1n) is 18.4. The van der Waals surface area contributed by atoms with Gasteiger partial charge in [-0.1, -0.05) is 54.6 Å². The Morgan fingerprint density at radius 1 is 0.364 bits per heavy atom. The average molecular weight is 728 g/mol. The van der Waals surface area contributed by atoms with Gasteiger partial charge in [0.1, 0.15) is 54.3 Å². The van der Waals surface area contributed by atoms with Gasteiger partial charge in [0.15, 0.2) is 0 Å². The highest BCUT2D eigenvalue weighted by Gasteiger charge is 2.28. The molecule has 0 fully saturated rings. The van der Waals surface area contributed by atoms with Crippen molar-refractivity contribution in [3.8, 4) is 34.5 Å². The molecule has 3 heterocycles. The van der Waals surface area contributed by atoms with Gasteiger partial charge in [-0.05, 0) is 91.0 Å². The Kier molecular flexibility index (Phi) is 9.64. The van der Waals surface area contributed by atoms with Gasteiger partial charge in [0, 0.05) is 39.3 Å². The van der Waals surface area contributed by atoms with Crippen molar-refractivity contribution < 1.29 is 28.4 Å². The van der Waals surface area contributed by atoms with Crippen LogP contribution in [0.1, 0.15) is 39.3 Å². The summed E-state index contributed by atoms with van der Waals surface area (Å²) in [7, 11) is 0. The van der Waals surface area contributed by atoms with E-state index >= 15 is 0 Å². The molecular formula is C46H37N3O6. The second-order valence-corrected chi connectivity index (χ2v) is 13.0. The minimum Gasteiger partial charge on any atom is -0.476 e. The molecule has 0 aromatic heterocycles. The second kappa shape index (κ2) is 15.6. The van der Waals surface area contributed by atoms with Gasteiger partial charge >= 0.3 is 0 Å². The summed E-state index contributed by atoms with van der Waals surface area (Å²) in [4.78, 5) is 13.4. The molecule has 0 N–H and O–H groups in total. The van der Waals surface area contributed by atoms with E-state index in [9.17, 15) is 0 Å². The molecular weight excluding hydrogens is 691 g/mol. The third-order valence-corrected chi connectivity index (χ3v) is 9.43. The molecule has 6 aromatic rings. The Hall–Kier alpha value is -6.87.